The molecule has 1 aliphatic rings. The second kappa shape index (κ2) is 7.34. The molecule has 102 valence electrons. The number of piperidine rings is 1. The third-order valence-corrected chi connectivity index (χ3v) is 5.51. The van der Waals surface area contributed by atoms with E-state index < -0.39 is 10.0 Å². The first-order chi connectivity index (χ1) is 8.10. The third-order valence-electron chi connectivity index (χ3n) is 3.55. The van der Waals surface area contributed by atoms with Crippen molar-refractivity contribution >= 4 is 10.0 Å². The van der Waals surface area contributed by atoms with Gasteiger partial charge in [-0.1, -0.05) is 20.3 Å². The second-order valence-corrected chi connectivity index (χ2v) is 6.86. The Morgan fingerprint density at radius 1 is 1.24 bits per heavy atom. The van der Waals surface area contributed by atoms with Gasteiger partial charge in [-0.05, 0) is 38.3 Å². The van der Waals surface area contributed by atoms with E-state index in [0.29, 0.717) is 6.42 Å². The summed E-state index contributed by atoms with van der Waals surface area (Å²) in [5, 5.41) is 3.16. The Hall–Kier alpha value is -0.130. The highest BCUT2D eigenvalue weighted by Gasteiger charge is 2.26. The molecule has 1 N–H and O–H groups in total. The number of sulfonamides is 1. The summed E-state index contributed by atoms with van der Waals surface area (Å²) in [5.41, 5.74) is 0. The van der Waals surface area contributed by atoms with Gasteiger partial charge in [0.1, 0.15) is 0 Å². The van der Waals surface area contributed by atoms with Crippen molar-refractivity contribution in [1.29, 1.82) is 0 Å². The predicted octanol–water partition coefficient (Wildman–Crippen LogP) is 1.44. The molecule has 0 unspecified atom stereocenters. The van der Waals surface area contributed by atoms with Crippen molar-refractivity contribution in [2.75, 3.05) is 31.9 Å². The first-order valence-electron chi connectivity index (χ1n) is 6.78. The van der Waals surface area contributed by atoms with E-state index in [1.165, 1.54) is 6.42 Å². The van der Waals surface area contributed by atoms with Gasteiger partial charge in [0.25, 0.3) is 0 Å². The molecule has 4 nitrogen and oxygen atoms in total. The van der Waals surface area contributed by atoms with Crippen LogP contribution in [0.2, 0.25) is 0 Å². The van der Waals surface area contributed by atoms with E-state index in [1.54, 1.807) is 4.31 Å². The molecule has 0 aromatic rings. The lowest BCUT2D eigenvalue weighted by Crippen LogP contribution is -2.40. The number of rotatable bonds is 7. The summed E-state index contributed by atoms with van der Waals surface area (Å²) < 4.78 is 25.8. The molecule has 0 atom stereocenters. The maximum atomic E-state index is 12.0. The van der Waals surface area contributed by atoms with Crippen LogP contribution in [-0.4, -0.2) is 44.7 Å². The number of nitrogens with one attached hydrogen (secondary N) is 1. The van der Waals surface area contributed by atoms with Crippen LogP contribution in [0.4, 0.5) is 0 Å². The van der Waals surface area contributed by atoms with Gasteiger partial charge in [0.2, 0.25) is 10.0 Å². The molecule has 1 rings (SSSR count). The van der Waals surface area contributed by atoms with Gasteiger partial charge in [-0.15, -0.1) is 0 Å². The van der Waals surface area contributed by atoms with Crippen molar-refractivity contribution in [2.24, 2.45) is 5.92 Å². The molecule has 0 saturated carbocycles. The first kappa shape index (κ1) is 14.9. The van der Waals surface area contributed by atoms with Crippen LogP contribution in [0.1, 0.15) is 39.5 Å². The van der Waals surface area contributed by atoms with Crippen LogP contribution in [-0.2, 0) is 10.0 Å². The highest BCUT2D eigenvalue weighted by atomic mass is 32.2. The van der Waals surface area contributed by atoms with Gasteiger partial charge < -0.3 is 5.32 Å². The highest BCUT2D eigenvalue weighted by molar-refractivity contribution is 7.89. The molecule has 0 bridgehead atoms. The van der Waals surface area contributed by atoms with Gasteiger partial charge in [0, 0.05) is 13.1 Å². The Morgan fingerprint density at radius 3 is 2.41 bits per heavy atom. The molecule has 0 amide bonds. The van der Waals surface area contributed by atoms with Crippen LogP contribution in [0, 0.1) is 5.92 Å². The van der Waals surface area contributed by atoms with Crippen molar-refractivity contribution in [3.05, 3.63) is 0 Å². The average Bonchev–Trinajstić information content (AvgIpc) is 2.35. The molecule has 1 saturated heterocycles. The lowest BCUT2D eigenvalue weighted by atomic mass is 9.96. The van der Waals surface area contributed by atoms with E-state index in [1.807, 2.05) is 6.92 Å². The third kappa shape index (κ3) is 4.94. The molecule has 1 aliphatic heterocycles. The van der Waals surface area contributed by atoms with E-state index in [9.17, 15) is 8.42 Å². The van der Waals surface area contributed by atoms with Crippen LogP contribution in [0.15, 0.2) is 0 Å². The molecule has 0 radical (unpaired) electrons. The van der Waals surface area contributed by atoms with Crippen LogP contribution < -0.4 is 5.32 Å². The summed E-state index contributed by atoms with van der Waals surface area (Å²) >= 11 is 0. The molecule has 1 heterocycles. The Kier molecular flexibility index (Phi) is 6.44. The fourth-order valence-corrected chi connectivity index (χ4v) is 3.82. The van der Waals surface area contributed by atoms with Crippen molar-refractivity contribution in [3.63, 3.8) is 0 Å². The smallest absolute Gasteiger partial charge is 0.214 e. The Labute approximate surface area is 106 Å². The molecular formula is C12H26N2O2S. The average molecular weight is 262 g/mol. The van der Waals surface area contributed by atoms with Crippen LogP contribution in [0.3, 0.4) is 0 Å². The summed E-state index contributed by atoms with van der Waals surface area (Å²) in [5.74, 6) is 1.01. The van der Waals surface area contributed by atoms with Gasteiger partial charge in [0.15, 0.2) is 0 Å². The lowest BCUT2D eigenvalue weighted by Gasteiger charge is -2.30. The number of hydrogen-bond donors (Lipinski definition) is 1. The van der Waals surface area contributed by atoms with E-state index in [0.717, 1.165) is 44.9 Å². The molecule has 0 aromatic heterocycles. The van der Waals surface area contributed by atoms with Gasteiger partial charge >= 0.3 is 0 Å². The van der Waals surface area contributed by atoms with Gasteiger partial charge in [-0.25, -0.2) is 12.7 Å². The summed E-state index contributed by atoms with van der Waals surface area (Å²) in [6, 6.07) is 0. The van der Waals surface area contributed by atoms with Crippen molar-refractivity contribution < 1.29 is 8.42 Å². The van der Waals surface area contributed by atoms with Crippen molar-refractivity contribution in [2.45, 2.75) is 39.5 Å². The topological polar surface area (TPSA) is 49.4 Å². The molecule has 0 aliphatic carbocycles. The Bertz CT molecular complexity index is 296. The zero-order valence-corrected chi connectivity index (χ0v) is 11.9. The standard InChI is InChI=1S/C12H26N2O2S/c1-3-12-6-9-14(10-7-12)17(15,16)11-5-8-13-4-2/h12-13H,3-11H2,1-2H3. The van der Waals surface area contributed by atoms with Crippen molar-refractivity contribution in [3.8, 4) is 0 Å². The van der Waals surface area contributed by atoms with Gasteiger partial charge in [-0.3, -0.25) is 0 Å². The molecular weight excluding hydrogens is 236 g/mol. The van der Waals surface area contributed by atoms with E-state index in [4.69, 9.17) is 0 Å². The Morgan fingerprint density at radius 2 is 1.88 bits per heavy atom. The molecule has 0 spiro atoms. The van der Waals surface area contributed by atoms with E-state index in [2.05, 4.69) is 12.2 Å². The minimum absolute atomic E-state index is 0.288. The zero-order chi connectivity index (χ0) is 12.7. The fraction of sp³-hybridized carbons (Fsp3) is 1.00. The molecule has 17 heavy (non-hydrogen) atoms. The highest BCUT2D eigenvalue weighted by Crippen LogP contribution is 2.22. The monoisotopic (exact) mass is 262 g/mol. The summed E-state index contributed by atoms with van der Waals surface area (Å²) in [4.78, 5) is 0. The SMILES string of the molecule is CCNCCCS(=O)(=O)N1CCC(CC)CC1. The molecule has 1 fully saturated rings. The van der Waals surface area contributed by atoms with E-state index >= 15 is 0 Å². The predicted molar refractivity (Wildman–Crippen MR) is 71.5 cm³/mol. The van der Waals surface area contributed by atoms with Crippen LogP contribution in [0.25, 0.3) is 0 Å². The maximum Gasteiger partial charge on any atom is 0.214 e. The number of hydrogen-bond acceptors (Lipinski definition) is 3. The second-order valence-electron chi connectivity index (χ2n) is 4.77. The number of nitrogens with zero attached hydrogens (tertiary/aromatic N) is 1. The summed E-state index contributed by atoms with van der Waals surface area (Å²) in [6.45, 7) is 7.36. The maximum absolute atomic E-state index is 12.0. The minimum atomic E-state index is -3.00. The van der Waals surface area contributed by atoms with E-state index in [-0.39, 0.29) is 5.75 Å². The minimum Gasteiger partial charge on any atom is -0.317 e. The summed E-state index contributed by atoms with van der Waals surface area (Å²) in [7, 11) is -3.00. The lowest BCUT2D eigenvalue weighted by molar-refractivity contribution is 0.269. The van der Waals surface area contributed by atoms with Gasteiger partial charge in [0.05, 0.1) is 5.75 Å². The largest absolute Gasteiger partial charge is 0.317 e. The Balaban J connectivity index is 2.33. The zero-order valence-electron chi connectivity index (χ0n) is 11.1. The molecule has 5 heteroatoms. The quantitative estimate of drug-likeness (QED) is 0.706. The van der Waals surface area contributed by atoms with Gasteiger partial charge in [-0.2, -0.15) is 0 Å². The van der Waals surface area contributed by atoms with Crippen LogP contribution >= 0.6 is 0 Å². The molecule has 0 aromatic carbocycles. The summed E-state index contributed by atoms with van der Waals surface area (Å²) in [6.07, 6.45) is 3.95. The van der Waals surface area contributed by atoms with Crippen LogP contribution in [0.5, 0.6) is 0 Å². The van der Waals surface area contributed by atoms with Crippen molar-refractivity contribution in [1.82, 2.24) is 9.62 Å². The fourth-order valence-electron chi connectivity index (χ4n) is 2.28. The normalized spacial score (nSPS) is 19.6. The first-order valence-corrected chi connectivity index (χ1v) is 8.39.